The highest BCUT2D eigenvalue weighted by Gasteiger charge is 2.25. The summed E-state index contributed by atoms with van der Waals surface area (Å²) in [6, 6.07) is 5.62. The molecule has 0 aliphatic carbocycles. The zero-order chi connectivity index (χ0) is 16.4. The van der Waals surface area contributed by atoms with E-state index in [1.165, 1.54) is 0 Å². The minimum absolute atomic E-state index is 0.0672. The van der Waals surface area contributed by atoms with Gasteiger partial charge >= 0.3 is 0 Å². The van der Waals surface area contributed by atoms with E-state index in [4.69, 9.17) is 0 Å². The SMILES string of the molecule is CC(=O)N1CCN(C(=O)[C@H](C)Nc2ccc3ncsc3c2)CC1. The van der Waals surface area contributed by atoms with Crippen LogP contribution in [0.25, 0.3) is 10.2 Å². The molecule has 0 unspecified atom stereocenters. The Balaban J connectivity index is 1.60. The van der Waals surface area contributed by atoms with Gasteiger partial charge in [0, 0.05) is 38.8 Å². The van der Waals surface area contributed by atoms with Crippen molar-refractivity contribution >= 4 is 39.1 Å². The summed E-state index contributed by atoms with van der Waals surface area (Å²) in [7, 11) is 0. The highest BCUT2D eigenvalue weighted by atomic mass is 32.1. The molecule has 1 aromatic carbocycles. The molecule has 1 N–H and O–H groups in total. The van der Waals surface area contributed by atoms with Crippen LogP contribution in [0.15, 0.2) is 23.7 Å². The van der Waals surface area contributed by atoms with Crippen LogP contribution in [-0.2, 0) is 9.59 Å². The number of benzene rings is 1. The lowest BCUT2D eigenvalue weighted by Gasteiger charge is -2.35. The van der Waals surface area contributed by atoms with Crippen molar-refractivity contribution in [3.05, 3.63) is 23.7 Å². The van der Waals surface area contributed by atoms with Gasteiger partial charge in [-0.1, -0.05) is 0 Å². The maximum absolute atomic E-state index is 12.5. The Morgan fingerprint density at radius 3 is 2.61 bits per heavy atom. The van der Waals surface area contributed by atoms with Gasteiger partial charge in [-0.3, -0.25) is 9.59 Å². The van der Waals surface area contributed by atoms with Gasteiger partial charge in [0.1, 0.15) is 6.04 Å². The fourth-order valence-electron chi connectivity index (χ4n) is 2.77. The van der Waals surface area contributed by atoms with Crippen LogP contribution in [0, 0.1) is 0 Å². The van der Waals surface area contributed by atoms with E-state index in [2.05, 4.69) is 10.3 Å². The predicted molar refractivity (Wildman–Crippen MR) is 91.5 cm³/mol. The number of rotatable bonds is 3. The maximum atomic E-state index is 12.5. The average Bonchev–Trinajstić information content (AvgIpc) is 3.01. The molecule has 0 radical (unpaired) electrons. The van der Waals surface area contributed by atoms with Crippen LogP contribution < -0.4 is 5.32 Å². The lowest BCUT2D eigenvalue weighted by atomic mass is 10.2. The quantitative estimate of drug-likeness (QED) is 0.931. The van der Waals surface area contributed by atoms with Crippen LogP contribution in [0.5, 0.6) is 0 Å². The number of nitrogens with zero attached hydrogens (tertiary/aromatic N) is 3. The molecule has 2 amide bonds. The number of hydrogen-bond donors (Lipinski definition) is 1. The summed E-state index contributed by atoms with van der Waals surface area (Å²) < 4.78 is 1.10. The van der Waals surface area contributed by atoms with Crippen LogP contribution in [0.4, 0.5) is 5.69 Å². The zero-order valence-electron chi connectivity index (χ0n) is 13.3. The third-order valence-corrected chi connectivity index (χ3v) is 4.91. The molecule has 6 nitrogen and oxygen atoms in total. The van der Waals surface area contributed by atoms with Gasteiger partial charge in [0.25, 0.3) is 0 Å². The monoisotopic (exact) mass is 332 g/mol. The minimum Gasteiger partial charge on any atom is -0.374 e. The number of amides is 2. The van der Waals surface area contributed by atoms with Crippen molar-refractivity contribution in [3.63, 3.8) is 0 Å². The van der Waals surface area contributed by atoms with Crippen molar-refractivity contribution in [1.82, 2.24) is 14.8 Å². The topological polar surface area (TPSA) is 65.5 Å². The molecule has 0 spiro atoms. The summed E-state index contributed by atoms with van der Waals surface area (Å²) in [5.41, 5.74) is 3.71. The number of carbonyl (C=O) groups excluding carboxylic acids is 2. The third-order valence-electron chi connectivity index (χ3n) is 4.12. The fraction of sp³-hybridized carbons (Fsp3) is 0.438. The fourth-order valence-corrected chi connectivity index (χ4v) is 3.49. The van der Waals surface area contributed by atoms with Gasteiger partial charge in [-0.25, -0.2) is 4.98 Å². The van der Waals surface area contributed by atoms with E-state index in [-0.39, 0.29) is 17.9 Å². The van der Waals surface area contributed by atoms with Crippen LogP contribution >= 0.6 is 11.3 Å². The normalized spacial score (nSPS) is 16.4. The Labute approximate surface area is 139 Å². The first kappa shape index (κ1) is 15.7. The highest BCUT2D eigenvalue weighted by molar-refractivity contribution is 7.16. The van der Waals surface area contributed by atoms with Crippen LogP contribution in [0.3, 0.4) is 0 Å². The number of anilines is 1. The van der Waals surface area contributed by atoms with E-state index < -0.39 is 0 Å². The lowest BCUT2D eigenvalue weighted by molar-refractivity contribution is -0.138. The smallest absolute Gasteiger partial charge is 0.244 e. The number of thiazole rings is 1. The van der Waals surface area contributed by atoms with E-state index in [1.807, 2.05) is 35.5 Å². The average molecular weight is 332 g/mol. The number of piperazine rings is 1. The molecule has 23 heavy (non-hydrogen) atoms. The number of carbonyl (C=O) groups is 2. The maximum Gasteiger partial charge on any atom is 0.244 e. The summed E-state index contributed by atoms with van der Waals surface area (Å²) >= 11 is 1.58. The Hall–Kier alpha value is -2.15. The third kappa shape index (κ3) is 3.44. The molecule has 1 saturated heterocycles. The Morgan fingerprint density at radius 1 is 1.22 bits per heavy atom. The molecule has 1 aromatic heterocycles. The van der Waals surface area contributed by atoms with E-state index >= 15 is 0 Å². The second-order valence-electron chi connectivity index (χ2n) is 5.73. The second kappa shape index (κ2) is 6.54. The molecule has 3 rings (SSSR count). The van der Waals surface area contributed by atoms with Gasteiger partial charge in [0.2, 0.25) is 11.8 Å². The first-order chi connectivity index (χ1) is 11.0. The molecule has 1 atom stereocenters. The largest absolute Gasteiger partial charge is 0.374 e. The van der Waals surface area contributed by atoms with Crippen LogP contribution in [0.1, 0.15) is 13.8 Å². The van der Waals surface area contributed by atoms with Crippen molar-refractivity contribution in [2.24, 2.45) is 0 Å². The second-order valence-corrected chi connectivity index (χ2v) is 6.62. The molecular formula is C16H20N4O2S. The molecule has 2 aromatic rings. The van der Waals surface area contributed by atoms with Gasteiger partial charge in [0.15, 0.2) is 0 Å². The van der Waals surface area contributed by atoms with Crippen molar-refractivity contribution < 1.29 is 9.59 Å². The Bertz CT molecular complexity index is 722. The van der Waals surface area contributed by atoms with Crippen LogP contribution in [0.2, 0.25) is 0 Å². The van der Waals surface area contributed by atoms with Crippen molar-refractivity contribution in [2.75, 3.05) is 31.5 Å². The van der Waals surface area contributed by atoms with Gasteiger partial charge in [-0.2, -0.15) is 0 Å². The van der Waals surface area contributed by atoms with Gasteiger partial charge in [0.05, 0.1) is 15.7 Å². The Kier molecular flexibility index (Phi) is 4.47. The van der Waals surface area contributed by atoms with E-state index in [0.717, 1.165) is 15.9 Å². The lowest BCUT2D eigenvalue weighted by Crippen LogP contribution is -2.53. The van der Waals surface area contributed by atoms with E-state index in [9.17, 15) is 9.59 Å². The standard InChI is InChI=1S/C16H20N4O2S/c1-11(16(22)20-7-5-19(6-8-20)12(2)21)18-13-3-4-14-15(9-13)23-10-17-14/h3-4,9-11,18H,5-8H2,1-2H3/t11-/m0/s1. The molecule has 1 fully saturated rings. The molecule has 7 heteroatoms. The zero-order valence-corrected chi connectivity index (χ0v) is 14.1. The van der Waals surface area contributed by atoms with Gasteiger partial charge < -0.3 is 15.1 Å². The Morgan fingerprint density at radius 2 is 1.91 bits per heavy atom. The molecule has 2 heterocycles. The summed E-state index contributed by atoms with van der Waals surface area (Å²) in [5.74, 6) is 0.138. The van der Waals surface area contributed by atoms with E-state index in [0.29, 0.717) is 26.2 Å². The number of hydrogen-bond acceptors (Lipinski definition) is 5. The number of nitrogens with one attached hydrogen (secondary N) is 1. The number of aromatic nitrogens is 1. The molecule has 1 aliphatic rings. The van der Waals surface area contributed by atoms with Crippen molar-refractivity contribution in [3.8, 4) is 0 Å². The summed E-state index contributed by atoms with van der Waals surface area (Å²) in [6.07, 6.45) is 0. The van der Waals surface area contributed by atoms with Gasteiger partial charge in [-0.05, 0) is 25.1 Å². The summed E-state index contributed by atoms with van der Waals surface area (Å²) in [6.45, 7) is 5.85. The van der Waals surface area contributed by atoms with E-state index in [1.54, 1.807) is 23.2 Å². The first-order valence-corrected chi connectivity index (χ1v) is 8.56. The molecule has 122 valence electrons. The van der Waals surface area contributed by atoms with Gasteiger partial charge in [-0.15, -0.1) is 11.3 Å². The first-order valence-electron chi connectivity index (χ1n) is 7.68. The molecular weight excluding hydrogens is 312 g/mol. The number of fused-ring (bicyclic) bond motifs is 1. The highest BCUT2D eigenvalue weighted by Crippen LogP contribution is 2.22. The predicted octanol–water partition coefficient (Wildman–Crippen LogP) is 1.79. The summed E-state index contributed by atoms with van der Waals surface area (Å²) in [4.78, 5) is 31.7. The van der Waals surface area contributed by atoms with Crippen molar-refractivity contribution in [2.45, 2.75) is 19.9 Å². The van der Waals surface area contributed by atoms with Crippen molar-refractivity contribution in [1.29, 1.82) is 0 Å². The van der Waals surface area contributed by atoms with Crippen LogP contribution in [-0.4, -0.2) is 58.8 Å². The molecule has 0 saturated carbocycles. The minimum atomic E-state index is -0.302. The molecule has 1 aliphatic heterocycles. The molecule has 0 bridgehead atoms. The summed E-state index contributed by atoms with van der Waals surface area (Å²) in [5, 5.41) is 3.26.